The third kappa shape index (κ3) is 5.39. The number of hydrogen-bond donors (Lipinski definition) is 0. The molecule has 0 heterocycles. The molecule has 0 aliphatic carbocycles. The van der Waals surface area contributed by atoms with Crippen molar-refractivity contribution >= 4 is 11.9 Å². The highest BCUT2D eigenvalue weighted by Gasteiger charge is 2.08. The molecule has 0 aliphatic rings. The SMILES string of the molecule is COCc1cc(C=CC(=O)c2cccc(OC(F)F)c2)ccc1OC. The van der Waals surface area contributed by atoms with E-state index in [9.17, 15) is 13.6 Å². The molecule has 0 atom stereocenters. The molecule has 25 heavy (non-hydrogen) atoms. The first-order chi connectivity index (χ1) is 12.0. The molecular weight excluding hydrogens is 330 g/mol. The molecule has 0 aromatic heterocycles. The van der Waals surface area contributed by atoms with Crippen LogP contribution < -0.4 is 9.47 Å². The van der Waals surface area contributed by atoms with E-state index in [1.807, 2.05) is 6.07 Å². The number of carbonyl (C=O) groups excluding carboxylic acids is 1. The van der Waals surface area contributed by atoms with Crippen molar-refractivity contribution in [2.45, 2.75) is 13.2 Å². The summed E-state index contributed by atoms with van der Waals surface area (Å²) >= 11 is 0. The van der Waals surface area contributed by atoms with Gasteiger partial charge in [-0.2, -0.15) is 8.78 Å². The van der Waals surface area contributed by atoms with Crippen LogP contribution in [0.2, 0.25) is 0 Å². The van der Waals surface area contributed by atoms with Gasteiger partial charge in [-0.05, 0) is 35.9 Å². The Hall–Kier alpha value is -2.73. The van der Waals surface area contributed by atoms with Crippen LogP contribution in [0.3, 0.4) is 0 Å². The molecule has 6 heteroatoms. The fourth-order valence-corrected chi connectivity index (χ4v) is 2.26. The number of ether oxygens (including phenoxy) is 3. The Morgan fingerprint density at radius 3 is 2.64 bits per heavy atom. The molecule has 0 saturated carbocycles. The summed E-state index contributed by atoms with van der Waals surface area (Å²) in [6, 6.07) is 11.1. The van der Waals surface area contributed by atoms with E-state index in [4.69, 9.17) is 9.47 Å². The highest BCUT2D eigenvalue weighted by Crippen LogP contribution is 2.22. The number of alkyl halides is 2. The van der Waals surface area contributed by atoms with Gasteiger partial charge in [0.25, 0.3) is 0 Å². The predicted octanol–water partition coefficient (Wildman–Crippen LogP) is 4.34. The topological polar surface area (TPSA) is 44.8 Å². The van der Waals surface area contributed by atoms with Gasteiger partial charge >= 0.3 is 6.61 Å². The first-order valence-electron chi connectivity index (χ1n) is 7.46. The lowest BCUT2D eigenvalue weighted by Gasteiger charge is -2.08. The molecule has 2 aromatic carbocycles. The Morgan fingerprint density at radius 1 is 1.16 bits per heavy atom. The number of benzene rings is 2. The average molecular weight is 348 g/mol. The lowest BCUT2D eigenvalue weighted by Crippen LogP contribution is -2.03. The van der Waals surface area contributed by atoms with Gasteiger partial charge in [0.2, 0.25) is 0 Å². The summed E-state index contributed by atoms with van der Waals surface area (Å²) in [6.07, 6.45) is 3.02. The van der Waals surface area contributed by atoms with Gasteiger partial charge in [-0.1, -0.05) is 24.3 Å². The molecule has 132 valence electrons. The molecule has 0 N–H and O–H groups in total. The first-order valence-corrected chi connectivity index (χ1v) is 7.46. The maximum Gasteiger partial charge on any atom is 0.387 e. The standard InChI is InChI=1S/C19H18F2O4/c1-23-12-15-10-13(7-9-18(15)24-2)6-8-17(22)14-4-3-5-16(11-14)25-19(20)21/h3-11,19H,12H2,1-2H3. The van der Waals surface area contributed by atoms with Crippen LogP contribution >= 0.6 is 0 Å². The summed E-state index contributed by atoms with van der Waals surface area (Å²) in [4.78, 5) is 12.2. The van der Waals surface area contributed by atoms with E-state index >= 15 is 0 Å². The fourth-order valence-electron chi connectivity index (χ4n) is 2.26. The molecule has 0 spiro atoms. The highest BCUT2D eigenvalue weighted by atomic mass is 19.3. The summed E-state index contributed by atoms with van der Waals surface area (Å²) in [5.41, 5.74) is 1.91. The van der Waals surface area contributed by atoms with Crippen molar-refractivity contribution in [3.05, 3.63) is 65.2 Å². The van der Waals surface area contributed by atoms with Gasteiger partial charge in [0.05, 0.1) is 13.7 Å². The van der Waals surface area contributed by atoms with E-state index in [1.165, 1.54) is 30.3 Å². The van der Waals surface area contributed by atoms with Gasteiger partial charge in [0.15, 0.2) is 5.78 Å². The van der Waals surface area contributed by atoms with Crippen LogP contribution in [0.4, 0.5) is 8.78 Å². The smallest absolute Gasteiger partial charge is 0.387 e. The van der Waals surface area contributed by atoms with Crippen molar-refractivity contribution in [1.82, 2.24) is 0 Å². The molecule has 4 nitrogen and oxygen atoms in total. The van der Waals surface area contributed by atoms with Gasteiger partial charge in [-0.15, -0.1) is 0 Å². The van der Waals surface area contributed by atoms with Crippen LogP contribution in [0.5, 0.6) is 11.5 Å². The van der Waals surface area contributed by atoms with Crippen molar-refractivity contribution in [3.63, 3.8) is 0 Å². The zero-order valence-corrected chi connectivity index (χ0v) is 13.9. The third-order valence-corrected chi connectivity index (χ3v) is 3.38. The first kappa shape index (κ1) is 18.6. The molecule has 0 saturated heterocycles. The van der Waals surface area contributed by atoms with Crippen LogP contribution in [0, 0.1) is 0 Å². The van der Waals surface area contributed by atoms with Crippen LogP contribution in [0.25, 0.3) is 6.08 Å². The van der Waals surface area contributed by atoms with Gasteiger partial charge in [-0.3, -0.25) is 4.79 Å². The molecule has 0 unspecified atom stereocenters. The lowest BCUT2D eigenvalue weighted by molar-refractivity contribution is -0.0498. The van der Waals surface area contributed by atoms with Crippen molar-refractivity contribution in [2.24, 2.45) is 0 Å². The minimum atomic E-state index is -2.93. The summed E-state index contributed by atoms with van der Waals surface area (Å²) in [6.45, 7) is -2.55. The second-order valence-corrected chi connectivity index (χ2v) is 5.11. The van der Waals surface area contributed by atoms with Crippen LogP contribution in [-0.4, -0.2) is 26.6 Å². The number of ketones is 1. The second kappa shape index (κ2) is 8.94. The Bertz CT molecular complexity index is 757. The highest BCUT2D eigenvalue weighted by molar-refractivity contribution is 6.07. The van der Waals surface area contributed by atoms with Gasteiger partial charge in [0, 0.05) is 18.2 Å². The van der Waals surface area contributed by atoms with E-state index in [-0.39, 0.29) is 17.1 Å². The Kier molecular flexibility index (Phi) is 6.65. The molecular formula is C19H18F2O4. The average Bonchev–Trinajstić information content (AvgIpc) is 2.60. The predicted molar refractivity (Wildman–Crippen MR) is 90.1 cm³/mol. The minimum Gasteiger partial charge on any atom is -0.496 e. The number of rotatable bonds is 8. The lowest BCUT2D eigenvalue weighted by atomic mass is 10.1. The quantitative estimate of drug-likeness (QED) is 0.526. The molecule has 0 aliphatic heterocycles. The number of halogens is 2. The van der Waals surface area contributed by atoms with Crippen LogP contribution in [-0.2, 0) is 11.3 Å². The fraction of sp³-hybridized carbons (Fsp3) is 0.211. The van der Waals surface area contributed by atoms with Crippen LogP contribution in [0.15, 0.2) is 48.5 Å². The van der Waals surface area contributed by atoms with Crippen molar-refractivity contribution in [3.8, 4) is 11.5 Å². The number of methoxy groups -OCH3 is 2. The van der Waals surface area contributed by atoms with E-state index in [2.05, 4.69) is 4.74 Å². The molecule has 2 aromatic rings. The van der Waals surface area contributed by atoms with Gasteiger partial charge in [0.1, 0.15) is 11.5 Å². The Balaban J connectivity index is 2.16. The monoisotopic (exact) mass is 348 g/mol. The largest absolute Gasteiger partial charge is 0.496 e. The normalized spacial score (nSPS) is 11.1. The number of carbonyl (C=O) groups is 1. The molecule has 0 fully saturated rings. The number of hydrogen-bond acceptors (Lipinski definition) is 4. The minimum absolute atomic E-state index is 0.0546. The van der Waals surface area contributed by atoms with Crippen molar-refractivity contribution in [2.75, 3.05) is 14.2 Å². The van der Waals surface area contributed by atoms with E-state index < -0.39 is 6.61 Å². The molecule has 0 amide bonds. The van der Waals surface area contributed by atoms with E-state index in [1.54, 1.807) is 32.4 Å². The van der Waals surface area contributed by atoms with Gasteiger partial charge < -0.3 is 14.2 Å². The van der Waals surface area contributed by atoms with Crippen molar-refractivity contribution in [1.29, 1.82) is 0 Å². The molecule has 0 radical (unpaired) electrons. The zero-order valence-electron chi connectivity index (χ0n) is 13.9. The molecule has 2 rings (SSSR count). The Morgan fingerprint density at radius 2 is 1.96 bits per heavy atom. The third-order valence-electron chi connectivity index (χ3n) is 3.38. The zero-order chi connectivity index (χ0) is 18.2. The molecule has 0 bridgehead atoms. The maximum absolute atomic E-state index is 12.2. The summed E-state index contributed by atoms with van der Waals surface area (Å²) < 4.78 is 39.2. The van der Waals surface area contributed by atoms with Crippen LogP contribution in [0.1, 0.15) is 21.5 Å². The Labute approximate surface area is 144 Å². The number of allylic oxidation sites excluding steroid dienone is 1. The summed E-state index contributed by atoms with van der Waals surface area (Å²) in [7, 11) is 3.15. The maximum atomic E-state index is 12.2. The summed E-state index contributed by atoms with van der Waals surface area (Å²) in [5, 5.41) is 0. The van der Waals surface area contributed by atoms with Crippen molar-refractivity contribution < 1.29 is 27.8 Å². The van der Waals surface area contributed by atoms with Gasteiger partial charge in [-0.25, -0.2) is 0 Å². The summed E-state index contributed by atoms with van der Waals surface area (Å²) in [5.74, 6) is 0.326. The van der Waals surface area contributed by atoms with E-state index in [0.717, 1.165) is 11.1 Å². The second-order valence-electron chi connectivity index (χ2n) is 5.11. The van der Waals surface area contributed by atoms with E-state index in [0.29, 0.717) is 12.4 Å².